The summed E-state index contributed by atoms with van der Waals surface area (Å²) >= 11 is 11.2. The first kappa shape index (κ1) is 18.7. The number of aliphatic hydroxyl groups is 2. The molecule has 0 bridgehead atoms. The van der Waals surface area contributed by atoms with Crippen molar-refractivity contribution >= 4 is 29.3 Å². The van der Waals surface area contributed by atoms with Crippen LogP contribution in [0.4, 0.5) is 0 Å². The summed E-state index contributed by atoms with van der Waals surface area (Å²) in [5.74, 6) is 1.05. The number of rotatable bonds is 5. The van der Waals surface area contributed by atoms with Gasteiger partial charge in [-0.2, -0.15) is 0 Å². The Morgan fingerprint density at radius 1 is 0.909 bits per heavy atom. The minimum atomic E-state index is -0.783. The molecule has 0 aromatic heterocycles. The number of hydrogen-bond acceptors (Lipinski definition) is 2. The number of benzene rings is 2. The summed E-state index contributed by atoms with van der Waals surface area (Å²) in [6.45, 7) is 3.40. The molecule has 2 nitrogen and oxygen atoms in total. The van der Waals surface area contributed by atoms with E-state index >= 15 is 0 Å². The molecule has 0 saturated carbocycles. The molecule has 0 fully saturated rings. The molecular formula is C18H20Cl2O2. The Bertz CT molecular complexity index is 550. The minimum Gasteiger partial charge on any atom is -0.393 e. The summed E-state index contributed by atoms with van der Waals surface area (Å²) in [5, 5.41) is 17.8. The lowest BCUT2D eigenvalue weighted by molar-refractivity contribution is 0.0956. The zero-order chi connectivity index (χ0) is 16.4. The van der Waals surface area contributed by atoms with Gasteiger partial charge in [0, 0.05) is 11.8 Å². The maximum atomic E-state index is 9.21. The SMILES string of the molecule is C=Cc1ccc(CCl)cc1.OC[C@H](O)c1ccc(CCl)cc1. The first-order valence-electron chi connectivity index (χ1n) is 6.85. The third kappa shape index (κ3) is 6.20. The number of aliphatic hydroxyl groups excluding tert-OH is 2. The lowest BCUT2D eigenvalue weighted by Crippen LogP contribution is -2.01. The van der Waals surface area contributed by atoms with Gasteiger partial charge in [-0.3, -0.25) is 0 Å². The van der Waals surface area contributed by atoms with E-state index in [1.54, 1.807) is 12.1 Å². The zero-order valence-corrected chi connectivity index (χ0v) is 13.8. The number of hydrogen-bond donors (Lipinski definition) is 2. The van der Waals surface area contributed by atoms with Crippen molar-refractivity contribution in [2.45, 2.75) is 17.9 Å². The molecule has 0 aliphatic rings. The van der Waals surface area contributed by atoms with E-state index < -0.39 is 6.10 Å². The molecular weight excluding hydrogens is 319 g/mol. The summed E-state index contributed by atoms with van der Waals surface area (Å²) in [7, 11) is 0. The van der Waals surface area contributed by atoms with Gasteiger partial charge in [-0.1, -0.05) is 61.2 Å². The second-order valence-corrected chi connectivity index (χ2v) is 5.19. The lowest BCUT2D eigenvalue weighted by atomic mass is 10.1. The second-order valence-electron chi connectivity index (χ2n) is 4.65. The van der Waals surface area contributed by atoms with Gasteiger partial charge >= 0.3 is 0 Å². The fraction of sp³-hybridized carbons (Fsp3) is 0.222. The van der Waals surface area contributed by atoms with E-state index in [0.29, 0.717) is 17.3 Å². The van der Waals surface area contributed by atoms with E-state index in [1.807, 2.05) is 42.5 Å². The van der Waals surface area contributed by atoms with Gasteiger partial charge in [0.2, 0.25) is 0 Å². The van der Waals surface area contributed by atoms with E-state index in [4.69, 9.17) is 28.3 Å². The van der Waals surface area contributed by atoms with Crippen LogP contribution < -0.4 is 0 Å². The van der Waals surface area contributed by atoms with Crippen LogP contribution in [-0.2, 0) is 11.8 Å². The number of halogens is 2. The summed E-state index contributed by atoms with van der Waals surface area (Å²) in [5.41, 5.74) is 4.00. The van der Waals surface area contributed by atoms with Crippen molar-refractivity contribution in [1.29, 1.82) is 0 Å². The van der Waals surface area contributed by atoms with Crippen molar-refractivity contribution in [2.75, 3.05) is 6.61 Å². The number of alkyl halides is 2. The molecule has 0 radical (unpaired) electrons. The van der Waals surface area contributed by atoms with E-state index in [-0.39, 0.29) is 6.61 Å². The lowest BCUT2D eigenvalue weighted by Gasteiger charge is -2.06. The monoisotopic (exact) mass is 338 g/mol. The zero-order valence-electron chi connectivity index (χ0n) is 12.3. The molecule has 1 atom stereocenters. The van der Waals surface area contributed by atoms with Crippen molar-refractivity contribution in [3.63, 3.8) is 0 Å². The van der Waals surface area contributed by atoms with E-state index in [9.17, 15) is 5.11 Å². The molecule has 0 aliphatic heterocycles. The average molecular weight is 339 g/mol. The third-order valence-corrected chi connectivity index (χ3v) is 3.68. The van der Waals surface area contributed by atoms with E-state index in [1.165, 1.54) is 0 Å². The van der Waals surface area contributed by atoms with Gasteiger partial charge in [0.05, 0.1) is 6.61 Å². The molecule has 0 amide bonds. The maximum Gasteiger partial charge on any atom is 0.102 e. The largest absolute Gasteiger partial charge is 0.393 e. The summed E-state index contributed by atoms with van der Waals surface area (Å²) < 4.78 is 0. The summed E-state index contributed by atoms with van der Waals surface area (Å²) in [6, 6.07) is 15.2. The standard InChI is InChI=1S/C9H11ClO2.C9H9Cl/c10-5-7-1-3-8(4-2-7)9(12)6-11;1-2-8-3-5-9(7-10)6-4-8/h1-4,9,11-12H,5-6H2;2-6H,1,7H2/t9-;/m0./s1. The highest BCUT2D eigenvalue weighted by Gasteiger charge is 2.04. The predicted octanol–water partition coefficient (Wildman–Crippen LogP) is 4.52. The Morgan fingerprint density at radius 2 is 1.36 bits per heavy atom. The molecule has 0 unspecified atom stereocenters. The van der Waals surface area contributed by atoms with Gasteiger partial charge in [-0.05, 0) is 22.3 Å². The first-order valence-corrected chi connectivity index (χ1v) is 7.92. The van der Waals surface area contributed by atoms with Crippen molar-refractivity contribution in [3.05, 3.63) is 77.4 Å². The molecule has 118 valence electrons. The molecule has 2 N–H and O–H groups in total. The van der Waals surface area contributed by atoms with Gasteiger partial charge in [-0.15, -0.1) is 23.2 Å². The molecule has 0 heterocycles. The van der Waals surface area contributed by atoms with Crippen LogP contribution in [0.15, 0.2) is 55.1 Å². The topological polar surface area (TPSA) is 40.5 Å². The molecule has 2 aromatic rings. The molecule has 0 spiro atoms. The van der Waals surface area contributed by atoms with Crippen LogP contribution >= 0.6 is 23.2 Å². The van der Waals surface area contributed by atoms with Crippen LogP contribution in [0.25, 0.3) is 6.08 Å². The highest BCUT2D eigenvalue weighted by atomic mass is 35.5. The van der Waals surface area contributed by atoms with Crippen LogP contribution in [-0.4, -0.2) is 16.8 Å². The molecule has 22 heavy (non-hydrogen) atoms. The van der Waals surface area contributed by atoms with Gasteiger partial charge in [0.1, 0.15) is 6.10 Å². The Balaban J connectivity index is 0.000000224. The molecule has 2 rings (SSSR count). The molecule has 4 heteroatoms. The second kappa shape index (κ2) is 10.4. The van der Waals surface area contributed by atoms with Crippen molar-refractivity contribution in [2.24, 2.45) is 0 Å². The van der Waals surface area contributed by atoms with Crippen LogP contribution in [0.1, 0.15) is 28.4 Å². The van der Waals surface area contributed by atoms with Crippen LogP contribution in [0, 0.1) is 0 Å². The Kier molecular flexibility index (Phi) is 8.86. The highest BCUT2D eigenvalue weighted by molar-refractivity contribution is 6.17. The molecule has 2 aromatic carbocycles. The quantitative estimate of drug-likeness (QED) is 0.787. The normalized spacial score (nSPS) is 11.3. The third-order valence-electron chi connectivity index (χ3n) is 3.06. The molecule has 0 saturated heterocycles. The summed E-state index contributed by atoms with van der Waals surface area (Å²) in [6.07, 6.45) is 1.03. The van der Waals surface area contributed by atoms with Crippen molar-refractivity contribution in [3.8, 4) is 0 Å². The van der Waals surface area contributed by atoms with Crippen LogP contribution in [0.5, 0.6) is 0 Å². The van der Waals surface area contributed by atoms with Crippen molar-refractivity contribution < 1.29 is 10.2 Å². The highest BCUT2D eigenvalue weighted by Crippen LogP contribution is 2.13. The van der Waals surface area contributed by atoms with Crippen LogP contribution in [0.2, 0.25) is 0 Å². The average Bonchev–Trinajstić information content (AvgIpc) is 2.61. The first-order chi connectivity index (χ1) is 10.6. The smallest absolute Gasteiger partial charge is 0.102 e. The summed E-state index contributed by atoms with van der Waals surface area (Å²) in [4.78, 5) is 0. The van der Waals surface area contributed by atoms with Gasteiger partial charge in [-0.25, -0.2) is 0 Å². The minimum absolute atomic E-state index is 0.250. The molecule has 0 aliphatic carbocycles. The van der Waals surface area contributed by atoms with E-state index in [0.717, 1.165) is 16.7 Å². The van der Waals surface area contributed by atoms with Gasteiger partial charge in [0.25, 0.3) is 0 Å². The fourth-order valence-electron chi connectivity index (χ4n) is 1.68. The maximum absolute atomic E-state index is 9.21. The van der Waals surface area contributed by atoms with Crippen LogP contribution in [0.3, 0.4) is 0 Å². The van der Waals surface area contributed by atoms with Gasteiger partial charge in [0.15, 0.2) is 0 Å². The van der Waals surface area contributed by atoms with Crippen molar-refractivity contribution in [1.82, 2.24) is 0 Å². The predicted molar refractivity (Wildman–Crippen MR) is 94.1 cm³/mol. The Labute approximate surface area is 141 Å². The van der Waals surface area contributed by atoms with Gasteiger partial charge < -0.3 is 10.2 Å². The van der Waals surface area contributed by atoms with E-state index in [2.05, 4.69) is 6.58 Å². The Hall–Kier alpha value is -1.32. The fourth-order valence-corrected chi connectivity index (χ4v) is 2.03. The Morgan fingerprint density at radius 3 is 1.73 bits per heavy atom.